The van der Waals surface area contributed by atoms with Gasteiger partial charge in [-0.15, -0.1) is 0 Å². The molecule has 2 nitrogen and oxygen atoms in total. The van der Waals surface area contributed by atoms with Gasteiger partial charge in [0, 0.05) is 11.6 Å². The van der Waals surface area contributed by atoms with E-state index in [9.17, 15) is 0 Å². The number of nitriles is 1. The zero-order chi connectivity index (χ0) is 9.14. The summed E-state index contributed by atoms with van der Waals surface area (Å²) in [6.07, 6.45) is 3.96. The molecule has 2 heteroatoms. The maximum Gasteiger partial charge on any atom is 0.0947 e. The molecule has 1 aliphatic carbocycles. The van der Waals surface area contributed by atoms with E-state index in [0.717, 1.165) is 29.6 Å². The normalized spacial score (nSPS) is 30.5. The second kappa shape index (κ2) is 3.55. The summed E-state index contributed by atoms with van der Waals surface area (Å²) < 4.78 is 0. The van der Waals surface area contributed by atoms with Crippen LogP contribution in [0.4, 0.5) is 0 Å². The van der Waals surface area contributed by atoms with Crippen LogP contribution in [0.3, 0.4) is 0 Å². The molecule has 1 aliphatic rings. The van der Waals surface area contributed by atoms with Gasteiger partial charge in [0.05, 0.1) is 6.07 Å². The Morgan fingerprint density at radius 2 is 2.42 bits per heavy atom. The highest BCUT2D eigenvalue weighted by Gasteiger charge is 2.22. The van der Waals surface area contributed by atoms with Crippen molar-refractivity contribution in [1.82, 2.24) is 0 Å². The third kappa shape index (κ3) is 1.41. The van der Waals surface area contributed by atoms with E-state index in [1.54, 1.807) is 0 Å². The highest BCUT2D eigenvalue weighted by molar-refractivity contribution is 5.46. The first-order valence-electron chi connectivity index (χ1n) is 4.22. The Hall–Kier alpha value is -1.07. The lowest BCUT2D eigenvalue weighted by molar-refractivity contribution is 0.778. The Bertz CT molecular complexity index is 279. The van der Waals surface area contributed by atoms with Crippen molar-refractivity contribution in [2.75, 3.05) is 0 Å². The SMILES string of the molecule is C/C=C1\C(=C(/C)C#N)CC[C@@H]1N. The Kier molecular flexibility index (Phi) is 2.67. The van der Waals surface area contributed by atoms with Gasteiger partial charge in [-0.1, -0.05) is 6.08 Å². The van der Waals surface area contributed by atoms with Gasteiger partial charge in [-0.2, -0.15) is 5.26 Å². The summed E-state index contributed by atoms with van der Waals surface area (Å²) in [5, 5.41) is 8.72. The smallest absolute Gasteiger partial charge is 0.0947 e. The first-order valence-corrected chi connectivity index (χ1v) is 4.22. The standard InChI is InChI=1S/C10H14N2/c1-3-8-9(7(2)6-11)4-5-10(8)12/h3,10H,4-5,12H2,1-2H3/b8-3+,9-7+/t10-/m0/s1. The summed E-state index contributed by atoms with van der Waals surface area (Å²) in [5.74, 6) is 0. The Balaban J connectivity index is 3.05. The average Bonchev–Trinajstić information content (AvgIpc) is 2.45. The molecule has 1 fully saturated rings. The van der Waals surface area contributed by atoms with E-state index in [0.29, 0.717) is 0 Å². The van der Waals surface area contributed by atoms with E-state index < -0.39 is 0 Å². The molecule has 64 valence electrons. The summed E-state index contributed by atoms with van der Waals surface area (Å²) in [6.45, 7) is 3.84. The lowest BCUT2D eigenvalue weighted by Gasteiger charge is -2.05. The maximum absolute atomic E-state index is 8.72. The predicted molar refractivity (Wildman–Crippen MR) is 49.3 cm³/mol. The van der Waals surface area contributed by atoms with E-state index >= 15 is 0 Å². The van der Waals surface area contributed by atoms with Gasteiger partial charge in [0.1, 0.15) is 0 Å². The molecule has 0 aliphatic heterocycles. The Labute approximate surface area is 73.4 Å². The second-order valence-electron chi connectivity index (χ2n) is 3.10. The lowest BCUT2D eigenvalue weighted by Crippen LogP contribution is -2.16. The molecular weight excluding hydrogens is 148 g/mol. The molecule has 1 atom stereocenters. The summed E-state index contributed by atoms with van der Waals surface area (Å²) in [6, 6.07) is 2.32. The quantitative estimate of drug-likeness (QED) is 0.553. The molecule has 0 radical (unpaired) electrons. The number of hydrogen-bond acceptors (Lipinski definition) is 2. The van der Waals surface area contributed by atoms with E-state index in [-0.39, 0.29) is 6.04 Å². The molecule has 0 aromatic carbocycles. The highest BCUT2D eigenvalue weighted by atomic mass is 14.7. The van der Waals surface area contributed by atoms with Crippen LogP contribution < -0.4 is 5.73 Å². The molecule has 0 bridgehead atoms. The van der Waals surface area contributed by atoms with Crippen molar-refractivity contribution in [2.24, 2.45) is 5.73 Å². The minimum atomic E-state index is 0.147. The minimum absolute atomic E-state index is 0.147. The molecule has 0 aromatic rings. The van der Waals surface area contributed by atoms with Crippen molar-refractivity contribution >= 4 is 0 Å². The summed E-state index contributed by atoms with van der Waals surface area (Å²) >= 11 is 0. The number of nitrogens with zero attached hydrogens (tertiary/aromatic N) is 1. The van der Waals surface area contributed by atoms with Crippen LogP contribution in [0.25, 0.3) is 0 Å². The van der Waals surface area contributed by atoms with Crippen LogP contribution in [0, 0.1) is 11.3 Å². The fourth-order valence-electron chi connectivity index (χ4n) is 1.68. The van der Waals surface area contributed by atoms with Gasteiger partial charge in [-0.3, -0.25) is 0 Å². The number of rotatable bonds is 0. The van der Waals surface area contributed by atoms with Crippen LogP contribution >= 0.6 is 0 Å². The van der Waals surface area contributed by atoms with Gasteiger partial charge in [0.25, 0.3) is 0 Å². The number of hydrogen-bond donors (Lipinski definition) is 1. The first-order chi connectivity index (χ1) is 5.70. The second-order valence-corrected chi connectivity index (χ2v) is 3.10. The fraction of sp³-hybridized carbons (Fsp3) is 0.500. The van der Waals surface area contributed by atoms with Crippen molar-refractivity contribution < 1.29 is 0 Å². The molecule has 1 rings (SSSR count). The largest absolute Gasteiger partial charge is 0.324 e. The first kappa shape index (κ1) is 9.02. The van der Waals surface area contributed by atoms with Crippen molar-refractivity contribution in [1.29, 1.82) is 5.26 Å². The van der Waals surface area contributed by atoms with Crippen LogP contribution in [0.5, 0.6) is 0 Å². The van der Waals surface area contributed by atoms with Crippen molar-refractivity contribution in [3.05, 3.63) is 22.8 Å². The van der Waals surface area contributed by atoms with Crippen LogP contribution in [0.15, 0.2) is 22.8 Å². The summed E-state index contributed by atoms with van der Waals surface area (Å²) in [4.78, 5) is 0. The van der Waals surface area contributed by atoms with E-state index in [4.69, 9.17) is 11.0 Å². The maximum atomic E-state index is 8.72. The third-order valence-electron chi connectivity index (χ3n) is 2.38. The van der Waals surface area contributed by atoms with Crippen LogP contribution in [-0.2, 0) is 0 Å². The van der Waals surface area contributed by atoms with E-state index in [2.05, 4.69) is 6.07 Å². The summed E-state index contributed by atoms with van der Waals surface area (Å²) in [7, 11) is 0. The van der Waals surface area contributed by atoms with E-state index in [1.165, 1.54) is 0 Å². The third-order valence-corrected chi connectivity index (χ3v) is 2.38. The zero-order valence-electron chi connectivity index (χ0n) is 7.59. The molecule has 2 N–H and O–H groups in total. The topological polar surface area (TPSA) is 49.8 Å². The molecular formula is C10H14N2. The molecule has 0 heterocycles. The van der Waals surface area contributed by atoms with E-state index in [1.807, 2.05) is 19.9 Å². The molecule has 0 amide bonds. The van der Waals surface area contributed by atoms with Gasteiger partial charge in [0.2, 0.25) is 0 Å². The monoisotopic (exact) mass is 162 g/mol. The minimum Gasteiger partial charge on any atom is -0.324 e. The lowest BCUT2D eigenvalue weighted by atomic mass is 10.0. The fourth-order valence-corrected chi connectivity index (χ4v) is 1.68. The molecule has 0 unspecified atom stereocenters. The molecule has 1 saturated carbocycles. The molecule has 0 saturated heterocycles. The molecule has 0 spiro atoms. The van der Waals surface area contributed by atoms with Crippen LogP contribution in [-0.4, -0.2) is 6.04 Å². The van der Waals surface area contributed by atoms with Gasteiger partial charge in [0.15, 0.2) is 0 Å². The van der Waals surface area contributed by atoms with Gasteiger partial charge < -0.3 is 5.73 Å². The van der Waals surface area contributed by atoms with Gasteiger partial charge in [-0.25, -0.2) is 0 Å². The van der Waals surface area contributed by atoms with Crippen LogP contribution in [0.1, 0.15) is 26.7 Å². The molecule has 0 aromatic heterocycles. The van der Waals surface area contributed by atoms with Crippen molar-refractivity contribution in [3.63, 3.8) is 0 Å². The number of nitrogens with two attached hydrogens (primary N) is 1. The summed E-state index contributed by atoms with van der Waals surface area (Å²) in [5.41, 5.74) is 9.00. The van der Waals surface area contributed by atoms with Crippen molar-refractivity contribution in [2.45, 2.75) is 32.7 Å². The number of allylic oxidation sites excluding steroid dienone is 2. The average molecular weight is 162 g/mol. The van der Waals surface area contributed by atoms with Gasteiger partial charge in [-0.05, 0) is 37.8 Å². The van der Waals surface area contributed by atoms with Crippen LogP contribution in [0.2, 0.25) is 0 Å². The Morgan fingerprint density at radius 3 is 2.92 bits per heavy atom. The van der Waals surface area contributed by atoms with Crippen molar-refractivity contribution in [3.8, 4) is 6.07 Å². The predicted octanol–water partition coefficient (Wildman–Crippen LogP) is 1.89. The molecule has 12 heavy (non-hydrogen) atoms. The zero-order valence-corrected chi connectivity index (χ0v) is 7.59. The Morgan fingerprint density at radius 1 is 1.75 bits per heavy atom. The van der Waals surface area contributed by atoms with Gasteiger partial charge >= 0.3 is 0 Å². The highest BCUT2D eigenvalue weighted by Crippen LogP contribution is 2.31.